The number of piperidine rings is 2. The number of nitrogens with zero attached hydrogens (tertiary/aromatic N) is 7. The predicted octanol–water partition coefficient (Wildman–Crippen LogP) is 4.12. The molecule has 2 fully saturated rings. The van der Waals surface area contributed by atoms with E-state index in [-0.39, 0.29) is 74.7 Å². The number of rotatable bonds is 14. The Kier molecular flexibility index (Phi) is 26.6. The first-order chi connectivity index (χ1) is 29.0. The Bertz CT molecular complexity index is 1540. The van der Waals surface area contributed by atoms with E-state index in [4.69, 9.17) is 50.1 Å². The van der Waals surface area contributed by atoms with Gasteiger partial charge in [-0.25, -0.2) is 14.4 Å². The highest BCUT2D eigenvalue weighted by molar-refractivity contribution is 5.89. The van der Waals surface area contributed by atoms with Gasteiger partial charge in [0.15, 0.2) is 0 Å². The minimum Gasteiger partial charge on any atom is -0.475 e. The fraction of sp³-hybridized carbons (Fsp3) is 0.789. The van der Waals surface area contributed by atoms with Crippen molar-refractivity contribution in [1.82, 2.24) is 15.5 Å². The molecule has 1 amide bonds. The summed E-state index contributed by atoms with van der Waals surface area (Å²) in [6, 6.07) is -1.53. The zero-order valence-electron chi connectivity index (χ0n) is 35.5. The Hall–Kier alpha value is -4.47. The average Bonchev–Trinajstić information content (AvgIpc) is 3.22. The number of nitrogens with one attached hydrogen (secondary N) is 2. The summed E-state index contributed by atoms with van der Waals surface area (Å²) in [5.74, 6) is -3.23. The van der Waals surface area contributed by atoms with Gasteiger partial charge in [-0.1, -0.05) is 36.2 Å². The second-order valence-electron chi connectivity index (χ2n) is 14.4. The van der Waals surface area contributed by atoms with Gasteiger partial charge in [-0.3, -0.25) is 9.69 Å². The van der Waals surface area contributed by atoms with Crippen molar-refractivity contribution < 1.29 is 66.6 Å². The van der Waals surface area contributed by atoms with Crippen molar-refractivity contribution in [3.63, 3.8) is 0 Å². The Morgan fingerprint density at radius 2 is 1.43 bits per heavy atom. The Balaban J connectivity index is 0.000000470. The van der Waals surface area contributed by atoms with Crippen LogP contribution in [-0.2, 0) is 38.1 Å². The van der Waals surface area contributed by atoms with Gasteiger partial charge < -0.3 is 44.9 Å². The number of carboxylic acid groups (broad SMARTS) is 1. The lowest BCUT2D eigenvalue weighted by atomic mass is 9.79. The number of hydrogen-bond acceptors (Lipinski definition) is 14. The first-order valence-electron chi connectivity index (χ1n) is 20.3. The molecule has 0 aromatic rings. The van der Waals surface area contributed by atoms with Crippen molar-refractivity contribution in [1.29, 1.82) is 0 Å². The molecule has 2 aliphatic heterocycles. The third-order valence-corrected chi connectivity index (χ3v) is 9.97. The lowest BCUT2D eigenvalue weighted by Crippen LogP contribution is -2.60. The lowest BCUT2D eigenvalue weighted by Gasteiger charge is -2.44. The molecule has 2 heterocycles. The standard InChI is InChI=1S/C18H29N5O5.C11H17N3O2.C7H15NO2.C2HF3O2/c1-3-27-18(26)13-9-15(21-22-19)17(20-12(2)25)16(10-13)23-6-4-5-14(11-23)28-8-7-24;1-4-16-11(15)9-5-7(2)8(3)10(6-9)13-14-12;9-4-5-10-7-2-1-3-8-6-7;3-2(4,5)1(6)7/h10,14-17,24H,3-9,11H2,1-2H3,(H,20,25);5,7-8,10H,4,6H2,1-3H3;7-9H,1-6H2;(H,6,7)/t14-,15-,16+,17+;7-,8+,10+;7-;/m010./s1. The third kappa shape index (κ3) is 20.8. The molecule has 23 heteroatoms. The van der Waals surface area contributed by atoms with Crippen molar-refractivity contribution in [3.05, 3.63) is 44.2 Å². The smallest absolute Gasteiger partial charge is 0.475 e. The molecule has 0 aromatic heterocycles. The van der Waals surface area contributed by atoms with Crippen molar-refractivity contribution >= 4 is 23.8 Å². The number of allylic oxidation sites excluding steroid dienone is 1. The second kappa shape index (κ2) is 29.7. The third-order valence-electron chi connectivity index (χ3n) is 9.97. The minimum atomic E-state index is -5.08. The quantitative estimate of drug-likeness (QED) is 0.0711. The molecule has 0 aromatic carbocycles. The van der Waals surface area contributed by atoms with Crippen molar-refractivity contribution in [3.8, 4) is 0 Å². The second-order valence-corrected chi connectivity index (χ2v) is 14.4. The molecule has 2 saturated heterocycles. The maximum absolute atomic E-state index is 12.3. The molecule has 0 unspecified atom stereocenters. The Morgan fingerprint density at radius 1 is 0.902 bits per heavy atom. The number of azide groups is 2. The van der Waals surface area contributed by atoms with Gasteiger partial charge >= 0.3 is 24.1 Å². The molecule has 0 spiro atoms. The van der Waals surface area contributed by atoms with E-state index in [2.05, 4.69) is 35.6 Å². The number of ether oxygens (including phenoxy) is 4. The van der Waals surface area contributed by atoms with E-state index in [9.17, 15) is 27.6 Å². The van der Waals surface area contributed by atoms with Crippen LogP contribution < -0.4 is 10.6 Å². The summed E-state index contributed by atoms with van der Waals surface area (Å²) in [4.78, 5) is 52.5. The fourth-order valence-electron chi connectivity index (χ4n) is 6.92. The van der Waals surface area contributed by atoms with Gasteiger partial charge in [0.2, 0.25) is 5.91 Å². The Labute approximate surface area is 353 Å². The van der Waals surface area contributed by atoms with Gasteiger partial charge in [0, 0.05) is 53.1 Å². The van der Waals surface area contributed by atoms with Crippen LogP contribution in [0.4, 0.5) is 13.2 Å². The zero-order chi connectivity index (χ0) is 46.0. The van der Waals surface area contributed by atoms with E-state index in [0.29, 0.717) is 43.4 Å². The number of aliphatic carboxylic acids is 1. The van der Waals surface area contributed by atoms with Crippen LogP contribution in [0.3, 0.4) is 0 Å². The van der Waals surface area contributed by atoms with E-state index in [1.165, 1.54) is 13.3 Å². The number of carboxylic acids is 1. The number of aliphatic hydroxyl groups is 2. The molecule has 5 N–H and O–H groups in total. The summed E-state index contributed by atoms with van der Waals surface area (Å²) in [6.07, 6.45) is 3.72. The van der Waals surface area contributed by atoms with Crippen LogP contribution in [0.25, 0.3) is 20.9 Å². The summed E-state index contributed by atoms with van der Waals surface area (Å²) in [5, 5.41) is 38.3. The lowest BCUT2D eigenvalue weighted by molar-refractivity contribution is -0.192. The monoisotopic (exact) mass is 877 g/mol. The molecular formula is C38H62F3N9O11. The molecule has 0 bridgehead atoms. The summed E-state index contributed by atoms with van der Waals surface area (Å²) < 4.78 is 52.8. The van der Waals surface area contributed by atoms with Crippen molar-refractivity contribution in [2.24, 2.45) is 22.1 Å². The summed E-state index contributed by atoms with van der Waals surface area (Å²) >= 11 is 0. The number of likely N-dealkylation sites (tertiary alicyclic amines) is 1. The topological polar surface area (TPSA) is 291 Å². The van der Waals surface area contributed by atoms with Crippen LogP contribution in [0.5, 0.6) is 0 Å². The minimum absolute atomic E-state index is 0.0414. The fourth-order valence-corrected chi connectivity index (χ4v) is 6.92. The number of alkyl halides is 3. The van der Waals surface area contributed by atoms with Crippen LogP contribution in [0, 0.1) is 11.8 Å². The van der Waals surface area contributed by atoms with Gasteiger partial charge in [0.05, 0.1) is 63.9 Å². The molecule has 20 nitrogen and oxygen atoms in total. The molecular weight excluding hydrogens is 815 g/mol. The summed E-state index contributed by atoms with van der Waals surface area (Å²) in [7, 11) is 0. The van der Waals surface area contributed by atoms with E-state index in [1.807, 2.05) is 26.0 Å². The van der Waals surface area contributed by atoms with Gasteiger partial charge in [-0.15, -0.1) is 0 Å². The molecule has 0 radical (unpaired) electrons. The summed E-state index contributed by atoms with van der Waals surface area (Å²) in [6.45, 7) is 13.8. The molecule has 61 heavy (non-hydrogen) atoms. The predicted molar refractivity (Wildman–Crippen MR) is 215 cm³/mol. The van der Waals surface area contributed by atoms with Gasteiger partial charge in [0.1, 0.15) is 0 Å². The van der Waals surface area contributed by atoms with Gasteiger partial charge in [0.25, 0.3) is 0 Å². The number of carbonyl (C=O) groups excluding carboxylic acids is 3. The number of halogens is 3. The Morgan fingerprint density at radius 3 is 1.92 bits per heavy atom. The average molecular weight is 878 g/mol. The SMILES string of the molecule is CCOC(=O)C1=C[C@@H](C)[C@H](C)[C@@H](N=[N+]=[N-])C1.CCOC(=O)C1=C[C@@H](N2CCC[C@H](OCCO)C2)[C@H](NC(C)=O)[C@@H](N=[N+]=[N-])C1.O=C(O)C(F)(F)F.OCCO[C@H]1CCCNC1. The van der Waals surface area contributed by atoms with E-state index in [0.717, 1.165) is 38.9 Å². The number of carbonyl (C=O) groups is 4. The highest BCUT2D eigenvalue weighted by Gasteiger charge is 2.40. The molecule has 346 valence electrons. The largest absolute Gasteiger partial charge is 0.490 e. The molecule has 8 atom stereocenters. The molecule has 4 rings (SSSR count). The summed E-state index contributed by atoms with van der Waals surface area (Å²) in [5.41, 5.74) is 18.5. The van der Waals surface area contributed by atoms with Crippen LogP contribution in [0.15, 0.2) is 33.5 Å². The first kappa shape index (κ1) is 54.5. The highest BCUT2D eigenvalue weighted by atomic mass is 19.4. The van der Waals surface area contributed by atoms with E-state index in [1.54, 1.807) is 13.8 Å². The molecule has 4 aliphatic rings. The van der Waals surface area contributed by atoms with E-state index >= 15 is 0 Å². The first-order valence-corrected chi connectivity index (χ1v) is 20.3. The zero-order valence-corrected chi connectivity index (χ0v) is 35.5. The van der Waals surface area contributed by atoms with Gasteiger partial charge in [-0.2, -0.15) is 13.2 Å². The maximum atomic E-state index is 12.3. The van der Waals surface area contributed by atoms with Crippen LogP contribution in [-0.4, -0.2) is 152 Å². The van der Waals surface area contributed by atoms with Gasteiger partial charge in [-0.05, 0) is 88.4 Å². The van der Waals surface area contributed by atoms with Crippen LogP contribution in [0.2, 0.25) is 0 Å². The molecule has 0 saturated carbocycles. The molecule has 2 aliphatic carbocycles. The van der Waals surface area contributed by atoms with Crippen LogP contribution in [0.1, 0.15) is 73.1 Å². The number of aliphatic hydroxyl groups excluding tert-OH is 2. The maximum Gasteiger partial charge on any atom is 0.490 e. The van der Waals surface area contributed by atoms with Crippen LogP contribution >= 0.6 is 0 Å². The number of esters is 2. The normalized spacial score (nSPS) is 26.1. The highest BCUT2D eigenvalue weighted by Crippen LogP contribution is 2.32. The number of hydrogen-bond donors (Lipinski definition) is 5. The van der Waals surface area contributed by atoms with E-state index < -0.39 is 30.2 Å². The number of amides is 1. The van der Waals surface area contributed by atoms with Crippen molar-refractivity contribution in [2.45, 2.75) is 116 Å². The van der Waals surface area contributed by atoms with Crippen molar-refractivity contribution in [2.75, 3.05) is 65.8 Å².